The first-order valence-electron chi connectivity index (χ1n) is 8.79. The fourth-order valence-electron chi connectivity index (χ4n) is 3.29. The van der Waals surface area contributed by atoms with Crippen LogP contribution >= 0.6 is 0 Å². The molecule has 7 nitrogen and oxygen atoms in total. The molecule has 2 amide bonds. The van der Waals surface area contributed by atoms with E-state index in [4.69, 9.17) is 0 Å². The van der Waals surface area contributed by atoms with Gasteiger partial charge in [0.25, 0.3) is 5.91 Å². The molecule has 0 aromatic carbocycles. The van der Waals surface area contributed by atoms with Crippen molar-refractivity contribution in [1.82, 2.24) is 24.7 Å². The first-order chi connectivity index (χ1) is 11.7. The molecule has 0 radical (unpaired) electrons. The summed E-state index contributed by atoms with van der Waals surface area (Å²) in [6.45, 7) is 4.96. The van der Waals surface area contributed by atoms with Gasteiger partial charge in [-0.05, 0) is 12.8 Å². The minimum Gasteiger partial charge on any atom is -0.342 e. The molecule has 2 aliphatic rings. The van der Waals surface area contributed by atoms with Crippen LogP contribution in [0, 0.1) is 0 Å². The lowest BCUT2D eigenvalue weighted by Crippen LogP contribution is -2.51. The molecule has 1 aromatic heterocycles. The molecular formula is C17H25N5O2. The molecule has 1 aromatic rings. The SMILES string of the molecule is O=C(CN1CCN(C(=O)c2cnccn2)CC1)N1CCCCCC1. The largest absolute Gasteiger partial charge is 0.342 e. The summed E-state index contributed by atoms with van der Waals surface area (Å²) in [5, 5.41) is 0. The lowest BCUT2D eigenvalue weighted by atomic mass is 10.2. The number of nitrogens with zero attached hydrogens (tertiary/aromatic N) is 5. The lowest BCUT2D eigenvalue weighted by Gasteiger charge is -2.35. The summed E-state index contributed by atoms with van der Waals surface area (Å²) in [7, 11) is 0. The van der Waals surface area contributed by atoms with E-state index >= 15 is 0 Å². The maximum Gasteiger partial charge on any atom is 0.274 e. The van der Waals surface area contributed by atoms with Gasteiger partial charge in [-0.3, -0.25) is 19.5 Å². The van der Waals surface area contributed by atoms with Crippen LogP contribution in [-0.2, 0) is 4.79 Å². The number of hydrogen-bond donors (Lipinski definition) is 0. The summed E-state index contributed by atoms with van der Waals surface area (Å²) in [5.41, 5.74) is 0.381. The number of carbonyl (C=O) groups is 2. The Bertz CT molecular complexity index is 549. The zero-order valence-electron chi connectivity index (χ0n) is 14.1. The van der Waals surface area contributed by atoms with Gasteiger partial charge in [-0.2, -0.15) is 0 Å². The standard InChI is InChI=1S/C17H25N5O2/c23-16(21-7-3-1-2-4-8-21)14-20-9-11-22(12-10-20)17(24)15-13-18-5-6-19-15/h5-6,13H,1-4,7-12,14H2. The van der Waals surface area contributed by atoms with E-state index < -0.39 is 0 Å². The van der Waals surface area contributed by atoms with Crippen LogP contribution in [0.15, 0.2) is 18.6 Å². The van der Waals surface area contributed by atoms with Crippen molar-refractivity contribution in [3.8, 4) is 0 Å². The number of amides is 2. The molecule has 0 bridgehead atoms. The van der Waals surface area contributed by atoms with Crippen molar-refractivity contribution >= 4 is 11.8 Å². The average molecular weight is 331 g/mol. The predicted octanol–water partition coefficient (Wildman–Crippen LogP) is 0.637. The number of carbonyl (C=O) groups excluding carboxylic acids is 2. The van der Waals surface area contributed by atoms with Crippen LogP contribution in [0.4, 0.5) is 0 Å². The Morgan fingerprint density at radius 1 is 0.875 bits per heavy atom. The monoisotopic (exact) mass is 331 g/mol. The number of rotatable bonds is 3. The highest BCUT2D eigenvalue weighted by Crippen LogP contribution is 2.11. The number of piperazine rings is 1. The molecule has 3 rings (SSSR count). The van der Waals surface area contributed by atoms with Gasteiger partial charge in [-0.1, -0.05) is 12.8 Å². The summed E-state index contributed by atoms with van der Waals surface area (Å²) < 4.78 is 0. The topological polar surface area (TPSA) is 69.6 Å². The van der Waals surface area contributed by atoms with Crippen LogP contribution in [0.5, 0.6) is 0 Å². The van der Waals surface area contributed by atoms with E-state index in [9.17, 15) is 9.59 Å². The fraction of sp³-hybridized carbons (Fsp3) is 0.647. The molecule has 130 valence electrons. The van der Waals surface area contributed by atoms with Crippen molar-refractivity contribution in [2.24, 2.45) is 0 Å². The van der Waals surface area contributed by atoms with Crippen LogP contribution in [-0.4, -0.2) is 82.3 Å². The molecule has 24 heavy (non-hydrogen) atoms. The van der Waals surface area contributed by atoms with Crippen molar-refractivity contribution in [2.45, 2.75) is 25.7 Å². The summed E-state index contributed by atoms with van der Waals surface area (Å²) in [6.07, 6.45) is 9.28. The second-order valence-corrected chi connectivity index (χ2v) is 6.45. The Kier molecular flexibility index (Phi) is 5.74. The Morgan fingerprint density at radius 2 is 1.58 bits per heavy atom. The Morgan fingerprint density at radius 3 is 2.21 bits per heavy atom. The molecule has 0 atom stereocenters. The van der Waals surface area contributed by atoms with Crippen LogP contribution in [0.3, 0.4) is 0 Å². The third-order valence-electron chi connectivity index (χ3n) is 4.76. The molecule has 0 saturated carbocycles. The molecule has 0 N–H and O–H groups in total. The first kappa shape index (κ1) is 16.8. The Balaban J connectivity index is 1.46. The highest BCUT2D eigenvalue weighted by Gasteiger charge is 2.25. The van der Waals surface area contributed by atoms with Gasteiger partial charge in [-0.15, -0.1) is 0 Å². The molecule has 0 spiro atoms. The van der Waals surface area contributed by atoms with Gasteiger partial charge in [0, 0.05) is 51.7 Å². The van der Waals surface area contributed by atoms with Crippen molar-refractivity contribution in [2.75, 3.05) is 45.8 Å². The highest BCUT2D eigenvalue weighted by atomic mass is 16.2. The number of aromatic nitrogens is 2. The molecule has 3 heterocycles. The first-order valence-corrected chi connectivity index (χ1v) is 8.79. The quantitative estimate of drug-likeness (QED) is 0.813. The number of hydrogen-bond acceptors (Lipinski definition) is 5. The van der Waals surface area contributed by atoms with Gasteiger partial charge in [0.2, 0.25) is 5.91 Å². The summed E-state index contributed by atoms with van der Waals surface area (Å²) >= 11 is 0. The Hall–Kier alpha value is -2.02. The van der Waals surface area contributed by atoms with Crippen molar-refractivity contribution in [3.63, 3.8) is 0 Å². The van der Waals surface area contributed by atoms with E-state index in [1.807, 2.05) is 4.90 Å². The van der Waals surface area contributed by atoms with Crippen LogP contribution in [0.2, 0.25) is 0 Å². The van der Waals surface area contributed by atoms with Gasteiger partial charge in [-0.25, -0.2) is 4.98 Å². The minimum atomic E-state index is -0.0819. The van der Waals surface area contributed by atoms with Gasteiger partial charge in [0.05, 0.1) is 12.7 Å². The molecular weight excluding hydrogens is 306 g/mol. The van der Waals surface area contributed by atoms with E-state index in [1.165, 1.54) is 25.2 Å². The van der Waals surface area contributed by atoms with Crippen molar-refractivity contribution < 1.29 is 9.59 Å². The smallest absolute Gasteiger partial charge is 0.274 e. The molecule has 0 aliphatic carbocycles. The predicted molar refractivity (Wildman–Crippen MR) is 89.4 cm³/mol. The maximum atomic E-state index is 12.4. The van der Waals surface area contributed by atoms with Crippen molar-refractivity contribution in [3.05, 3.63) is 24.3 Å². The number of likely N-dealkylation sites (tertiary alicyclic amines) is 1. The summed E-state index contributed by atoms with van der Waals surface area (Å²) in [5.74, 6) is 0.146. The van der Waals surface area contributed by atoms with Crippen LogP contribution in [0.1, 0.15) is 36.2 Å². The lowest BCUT2D eigenvalue weighted by molar-refractivity contribution is -0.132. The maximum absolute atomic E-state index is 12.4. The molecule has 2 saturated heterocycles. The van der Waals surface area contributed by atoms with Crippen molar-refractivity contribution in [1.29, 1.82) is 0 Å². The fourth-order valence-corrected chi connectivity index (χ4v) is 3.29. The zero-order valence-corrected chi connectivity index (χ0v) is 14.1. The second kappa shape index (κ2) is 8.19. The average Bonchev–Trinajstić information content (AvgIpc) is 2.92. The van der Waals surface area contributed by atoms with E-state index in [0.29, 0.717) is 25.3 Å². The summed E-state index contributed by atoms with van der Waals surface area (Å²) in [4.78, 5) is 38.7. The second-order valence-electron chi connectivity index (χ2n) is 6.45. The minimum absolute atomic E-state index is 0.0819. The van der Waals surface area contributed by atoms with Gasteiger partial charge in [0.15, 0.2) is 0 Å². The summed E-state index contributed by atoms with van der Waals surface area (Å²) in [6, 6.07) is 0. The van der Waals surface area contributed by atoms with Gasteiger partial charge < -0.3 is 9.80 Å². The van der Waals surface area contributed by atoms with Gasteiger partial charge in [0.1, 0.15) is 5.69 Å². The normalized spacial score (nSPS) is 19.8. The highest BCUT2D eigenvalue weighted by molar-refractivity contribution is 5.92. The molecule has 2 fully saturated rings. The van der Waals surface area contributed by atoms with E-state index in [2.05, 4.69) is 14.9 Å². The molecule has 0 unspecified atom stereocenters. The third-order valence-corrected chi connectivity index (χ3v) is 4.76. The van der Waals surface area contributed by atoms with Crippen LogP contribution in [0.25, 0.3) is 0 Å². The zero-order chi connectivity index (χ0) is 16.8. The third kappa shape index (κ3) is 4.29. The molecule has 2 aliphatic heterocycles. The Labute approximate surface area is 142 Å². The van der Waals surface area contributed by atoms with E-state index in [0.717, 1.165) is 39.0 Å². The molecule has 7 heteroatoms. The van der Waals surface area contributed by atoms with E-state index in [-0.39, 0.29) is 11.8 Å². The van der Waals surface area contributed by atoms with Gasteiger partial charge >= 0.3 is 0 Å². The van der Waals surface area contributed by atoms with E-state index in [1.54, 1.807) is 11.1 Å². The van der Waals surface area contributed by atoms with Crippen LogP contribution < -0.4 is 0 Å².